The highest BCUT2D eigenvalue weighted by atomic mass is 16.5. The molecule has 2 N–H and O–H groups in total. The van der Waals surface area contributed by atoms with E-state index in [2.05, 4.69) is 15.6 Å². The minimum absolute atomic E-state index is 0.0260. The number of anilines is 1. The number of carbonyl (C=O) groups excluding carboxylic acids is 1. The topological polar surface area (TPSA) is 63.2 Å². The van der Waals surface area contributed by atoms with E-state index >= 15 is 0 Å². The summed E-state index contributed by atoms with van der Waals surface area (Å²) in [4.78, 5) is 16.2. The van der Waals surface area contributed by atoms with E-state index in [0.717, 1.165) is 12.1 Å². The van der Waals surface area contributed by atoms with Gasteiger partial charge in [0.25, 0.3) is 5.91 Å². The molecule has 0 aliphatic carbocycles. The number of amides is 1. The Bertz CT molecular complexity index is 432. The Labute approximate surface area is 107 Å². The highest BCUT2D eigenvalue weighted by molar-refractivity contribution is 5.93. The van der Waals surface area contributed by atoms with E-state index < -0.39 is 0 Å². The second kappa shape index (κ2) is 4.94. The van der Waals surface area contributed by atoms with E-state index in [0.29, 0.717) is 12.3 Å². The average Bonchev–Trinajstić information content (AvgIpc) is 2.69. The molecule has 1 amide bonds. The van der Waals surface area contributed by atoms with Gasteiger partial charge < -0.3 is 15.4 Å². The fourth-order valence-electron chi connectivity index (χ4n) is 2.00. The summed E-state index contributed by atoms with van der Waals surface area (Å²) >= 11 is 0. The van der Waals surface area contributed by atoms with Crippen molar-refractivity contribution in [1.29, 1.82) is 0 Å². The van der Waals surface area contributed by atoms with E-state index in [4.69, 9.17) is 4.74 Å². The third kappa shape index (κ3) is 2.46. The molecule has 0 saturated carbocycles. The van der Waals surface area contributed by atoms with Gasteiger partial charge in [-0.25, -0.2) is 4.98 Å². The van der Waals surface area contributed by atoms with Gasteiger partial charge in [0.2, 0.25) is 0 Å². The predicted octanol–water partition coefficient (Wildman–Crippen LogP) is 1.42. The Hall–Kier alpha value is -1.62. The van der Waals surface area contributed by atoms with Crippen LogP contribution in [0.3, 0.4) is 0 Å². The number of aromatic nitrogens is 1. The minimum Gasteiger partial charge on any atom is -0.387 e. The normalized spacial score (nSPS) is 26.9. The van der Waals surface area contributed by atoms with Crippen molar-refractivity contribution in [3.05, 3.63) is 24.0 Å². The summed E-state index contributed by atoms with van der Waals surface area (Å²) in [5.74, 6) is -0.155. The summed E-state index contributed by atoms with van der Waals surface area (Å²) in [6.45, 7) is 4.67. The molecule has 1 saturated heterocycles. The minimum atomic E-state index is -0.305. The molecule has 0 radical (unpaired) electrons. The Balaban J connectivity index is 2.07. The first-order valence-electron chi connectivity index (χ1n) is 6.13. The molecule has 2 atom stereocenters. The number of pyridine rings is 1. The van der Waals surface area contributed by atoms with Crippen molar-refractivity contribution >= 4 is 11.6 Å². The molecule has 5 heteroatoms. The summed E-state index contributed by atoms with van der Waals surface area (Å²) < 4.78 is 5.50. The summed E-state index contributed by atoms with van der Waals surface area (Å²) in [6, 6.07) is 3.55. The largest absolute Gasteiger partial charge is 0.387 e. The van der Waals surface area contributed by atoms with Crippen LogP contribution in [0.4, 0.5) is 5.69 Å². The van der Waals surface area contributed by atoms with Crippen LogP contribution in [0.2, 0.25) is 0 Å². The van der Waals surface area contributed by atoms with Crippen molar-refractivity contribution in [3.63, 3.8) is 0 Å². The lowest BCUT2D eigenvalue weighted by Crippen LogP contribution is -2.50. The van der Waals surface area contributed by atoms with Crippen LogP contribution in [-0.4, -0.2) is 36.2 Å². The van der Waals surface area contributed by atoms with Crippen LogP contribution < -0.4 is 10.6 Å². The highest BCUT2D eigenvalue weighted by Gasteiger charge is 2.38. The molecule has 2 heterocycles. The first-order chi connectivity index (χ1) is 8.55. The Morgan fingerprint density at radius 3 is 2.83 bits per heavy atom. The van der Waals surface area contributed by atoms with Gasteiger partial charge in [-0.15, -0.1) is 0 Å². The number of nitrogens with zero attached hydrogens (tertiary/aromatic N) is 1. The maximum Gasteiger partial charge on any atom is 0.270 e. The molecule has 0 spiro atoms. The van der Waals surface area contributed by atoms with Crippen molar-refractivity contribution in [2.45, 2.75) is 31.9 Å². The number of carbonyl (C=O) groups is 1. The second-order valence-corrected chi connectivity index (χ2v) is 4.82. The molecule has 1 fully saturated rings. The summed E-state index contributed by atoms with van der Waals surface area (Å²) in [6.07, 6.45) is 2.50. The van der Waals surface area contributed by atoms with Crippen LogP contribution in [0.25, 0.3) is 0 Å². The van der Waals surface area contributed by atoms with Gasteiger partial charge in [0.1, 0.15) is 5.69 Å². The molecule has 1 aromatic rings. The SMILES string of the molecule is CNc1ccc(C(=O)NC2(C)CCOC2C)nc1. The molecule has 1 aliphatic rings. The predicted molar refractivity (Wildman–Crippen MR) is 69.7 cm³/mol. The Morgan fingerprint density at radius 1 is 1.56 bits per heavy atom. The van der Waals surface area contributed by atoms with E-state index in [1.807, 2.05) is 27.0 Å². The summed E-state index contributed by atoms with van der Waals surface area (Å²) in [7, 11) is 1.81. The Morgan fingerprint density at radius 2 is 2.33 bits per heavy atom. The molecule has 5 nitrogen and oxygen atoms in total. The number of nitrogens with one attached hydrogen (secondary N) is 2. The monoisotopic (exact) mass is 249 g/mol. The smallest absolute Gasteiger partial charge is 0.270 e. The van der Waals surface area contributed by atoms with Crippen molar-refractivity contribution in [3.8, 4) is 0 Å². The number of hydrogen-bond donors (Lipinski definition) is 2. The lowest BCUT2D eigenvalue weighted by atomic mass is 9.94. The third-order valence-corrected chi connectivity index (χ3v) is 3.57. The van der Waals surface area contributed by atoms with E-state index in [1.54, 1.807) is 12.3 Å². The first kappa shape index (κ1) is 12.8. The number of hydrogen-bond acceptors (Lipinski definition) is 4. The van der Waals surface area contributed by atoms with E-state index in [1.165, 1.54) is 0 Å². The number of rotatable bonds is 3. The van der Waals surface area contributed by atoms with Gasteiger partial charge in [-0.05, 0) is 32.4 Å². The van der Waals surface area contributed by atoms with Gasteiger partial charge >= 0.3 is 0 Å². The van der Waals surface area contributed by atoms with Gasteiger partial charge in [-0.2, -0.15) is 0 Å². The molecule has 1 aromatic heterocycles. The van der Waals surface area contributed by atoms with Gasteiger partial charge in [0.15, 0.2) is 0 Å². The van der Waals surface area contributed by atoms with Gasteiger partial charge in [-0.1, -0.05) is 0 Å². The van der Waals surface area contributed by atoms with E-state index in [9.17, 15) is 4.79 Å². The molecule has 98 valence electrons. The molecular weight excluding hydrogens is 230 g/mol. The first-order valence-corrected chi connectivity index (χ1v) is 6.13. The molecule has 2 unspecified atom stereocenters. The third-order valence-electron chi connectivity index (χ3n) is 3.57. The second-order valence-electron chi connectivity index (χ2n) is 4.82. The lowest BCUT2D eigenvalue weighted by Gasteiger charge is -2.28. The van der Waals surface area contributed by atoms with Crippen LogP contribution in [0.1, 0.15) is 30.8 Å². The molecule has 18 heavy (non-hydrogen) atoms. The lowest BCUT2D eigenvalue weighted by molar-refractivity contribution is 0.0724. The molecule has 1 aliphatic heterocycles. The fourth-order valence-corrected chi connectivity index (χ4v) is 2.00. The van der Waals surface area contributed by atoms with Crippen LogP contribution in [-0.2, 0) is 4.74 Å². The van der Waals surface area contributed by atoms with Gasteiger partial charge in [0, 0.05) is 13.7 Å². The summed E-state index contributed by atoms with van der Waals surface area (Å²) in [5.41, 5.74) is 1.00. The zero-order valence-electron chi connectivity index (χ0n) is 11.0. The zero-order valence-corrected chi connectivity index (χ0v) is 11.0. The highest BCUT2D eigenvalue weighted by Crippen LogP contribution is 2.25. The molecule has 0 bridgehead atoms. The van der Waals surface area contributed by atoms with Crippen LogP contribution >= 0.6 is 0 Å². The van der Waals surface area contributed by atoms with Crippen LogP contribution in [0, 0.1) is 0 Å². The molecule has 2 rings (SSSR count). The maximum atomic E-state index is 12.1. The van der Waals surface area contributed by atoms with Gasteiger partial charge in [-0.3, -0.25) is 4.79 Å². The van der Waals surface area contributed by atoms with Crippen LogP contribution in [0.5, 0.6) is 0 Å². The van der Waals surface area contributed by atoms with Crippen molar-refractivity contribution in [2.75, 3.05) is 19.0 Å². The quantitative estimate of drug-likeness (QED) is 0.850. The van der Waals surface area contributed by atoms with E-state index in [-0.39, 0.29) is 17.6 Å². The zero-order chi connectivity index (χ0) is 13.2. The molecule has 0 aromatic carbocycles. The van der Waals surface area contributed by atoms with Crippen molar-refractivity contribution in [1.82, 2.24) is 10.3 Å². The van der Waals surface area contributed by atoms with Crippen molar-refractivity contribution in [2.24, 2.45) is 0 Å². The average molecular weight is 249 g/mol. The summed E-state index contributed by atoms with van der Waals surface area (Å²) in [5, 5.41) is 5.98. The van der Waals surface area contributed by atoms with Gasteiger partial charge in [0.05, 0.1) is 23.5 Å². The van der Waals surface area contributed by atoms with Crippen molar-refractivity contribution < 1.29 is 9.53 Å². The Kier molecular flexibility index (Phi) is 3.52. The number of ether oxygens (including phenoxy) is 1. The fraction of sp³-hybridized carbons (Fsp3) is 0.538. The standard InChI is InChI=1S/C13H19N3O2/c1-9-13(2,6-7-18-9)16-12(17)11-5-4-10(14-3)8-15-11/h4-5,8-9,14H,6-7H2,1-3H3,(H,16,17). The maximum absolute atomic E-state index is 12.1. The molecular formula is C13H19N3O2. The van der Waals surface area contributed by atoms with Crippen LogP contribution in [0.15, 0.2) is 18.3 Å².